The monoisotopic (exact) mass is 209 g/mol. The van der Waals surface area contributed by atoms with Crippen molar-refractivity contribution in [2.24, 2.45) is 13.0 Å². The molecule has 0 aliphatic heterocycles. The highest BCUT2D eigenvalue weighted by molar-refractivity contribution is 5.73. The van der Waals surface area contributed by atoms with Crippen molar-refractivity contribution >= 4 is 11.7 Å². The zero-order valence-electron chi connectivity index (χ0n) is 8.90. The number of carboxylic acid groups (broad SMARTS) is 1. The van der Waals surface area contributed by atoms with Gasteiger partial charge >= 0.3 is 5.97 Å². The first-order chi connectivity index (χ1) is 7.08. The highest BCUT2D eigenvalue weighted by atomic mass is 16.4. The zero-order chi connectivity index (χ0) is 11.0. The summed E-state index contributed by atoms with van der Waals surface area (Å²) in [6, 6.07) is 0.0606. The van der Waals surface area contributed by atoms with Crippen LogP contribution in [0.1, 0.15) is 18.5 Å². The Kier molecular flexibility index (Phi) is 2.38. The van der Waals surface area contributed by atoms with Crippen LogP contribution in [0.2, 0.25) is 0 Å². The molecule has 0 spiro atoms. The van der Waals surface area contributed by atoms with E-state index in [2.05, 4.69) is 10.4 Å². The van der Waals surface area contributed by atoms with Crippen LogP contribution in [-0.4, -0.2) is 26.9 Å². The van der Waals surface area contributed by atoms with Gasteiger partial charge in [-0.15, -0.1) is 0 Å². The van der Waals surface area contributed by atoms with E-state index in [0.717, 1.165) is 24.2 Å². The Balaban J connectivity index is 2.03. The van der Waals surface area contributed by atoms with E-state index in [4.69, 9.17) is 5.11 Å². The lowest BCUT2D eigenvalue weighted by molar-refractivity contribution is -0.144. The van der Waals surface area contributed by atoms with Crippen molar-refractivity contribution in [1.29, 1.82) is 0 Å². The number of nitrogens with zero attached hydrogens (tertiary/aromatic N) is 2. The molecule has 0 amide bonds. The van der Waals surface area contributed by atoms with E-state index in [1.165, 1.54) is 0 Å². The van der Waals surface area contributed by atoms with E-state index in [0.29, 0.717) is 0 Å². The molecule has 0 bridgehead atoms. The molecular formula is C10H15N3O2. The van der Waals surface area contributed by atoms with Gasteiger partial charge in [0.2, 0.25) is 0 Å². The van der Waals surface area contributed by atoms with Gasteiger partial charge in [-0.25, -0.2) is 0 Å². The molecule has 5 nitrogen and oxygen atoms in total. The number of aromatic nitrogens is 2. The van der Waals surface area contributed by atoms with Crippen LogP contribution in [0.25, 0.3) is 0 Å². The Labute approximate surface area is 88.1 Å². The maximum Gasteiger partial charge on any atom is 0.308 e. The van der Waals surface area contributed by atoms with Gasteiger partial charge in [0.1, 0.15) is 0 Å². The standard InChI is InChI=1S/C10H15N3O2/c1-6-9(5-13(2)12-6)11-8-4-3-7(8)10(14)15/h5,7-8,11H,3-4H2,1-2H3,(H,14,15). The molecule has 1 heterocycles. The number of anilines is 1. The van der Waals surface area contributed by atoms with Crippen LogP contribution < -0.4 is 5.32 Å². The lowest BCUT2D eigenvalue weighted by Gasteiger charge is -2.34. The van der Waals surface area contributed by atoms with Crippen molar-refractivity contribution in [3.05, 3.63) is 11.9 Å². The fourth-order valence-corrected chi connectivity index (χ4v) is 1.91. The van der Waals surface area contributed by atoms with Crippen LogP contribution in [0.4, 0.5) is 5.69 Å². The number of carbonyl (C=O) groups is 1. The lowest BCUT2D eigenvalue weighted by atomic mass is 9.79. The van der Waals surface area contributed by atoms with Gasteiger partial charge < -0.3 is 10.4 Å². The largest absolute Gasteiger partial charge is 0.481 e. The number of nitrogens with one attached hydrogen (secondary N) is 1. The Morgan fingerprint density at radius 2 is 2.40 bits per heavy atom. The van der Waals surface area contributed by atoms with Crippen LogP contribution in [0.3, 0.4) is 0 Å². The van der Waals surface area contributed by atoms with Gasteiger partial charge in [-0.3, -0.25) is 9.48 Å². The van der Waals surface area contributed by atoms with E-state index in [9.17, 15) is 4.79 Å². The predicted octanol–water partition coefficient (Wildman–Crippen LogP) is 1.00. The van der Waals surface area contributed by atoms with Gasteiger partial charge in [-0.2, -0.15) is 5.10 Å². The SMILES string of the molecule is Cc1nn(C)cc1NC1CCC1C(=O)O. The summed E-state index contributed by atoms with van der Waals surface area (Å²) in [5.41, 5.74) is 1.85. The molecule has 0 aromatic carbocycles. The molecule has 0 saturated heterocycles. The fraction of sp³-hybridized carbons (Fsp3) is 0.600. The van der Waals surface area contributed by atoms with Gasteiger partial charge in [0.25, 0.3) is 0 Å². The maximum absolute atomic E-state index is 10.8. The molecule has 2 atom stereocenters. The first kappa shape index (κ1) is 10.0. The molecule has 1 aliphatic rings. The quantitative estimate of drug-likeness (QED) is 0.779. The number of hydrogen-bond acceptors (Lipinski definition) is 3. The summed E-state index contributed by atoms with van der Waals surface area (Å²) in [6.45, 7) is 1.91. The van der Waals surface area contributed by atoms with Crippen LogP contribution >= 0.6 is 0 Å². The smallest absolute Gasteiger partial charge is 0.308 e. The second-order valence-electron chi connectivity index (χ2n) is 4.07. The summed E-state index contributed by atoms with van der Waals surface area (Å²) in [6.07, 6.45) is 3.57. The average Bonchev–Trinajstić information content (AvgIpc) is 2.38. The van der Waals surface area contributed by atoms with Gasteiger partial charge in [-0.1, -0.05) is 0 Å². The number of carboxylic acids is 1. The summed E-state index contributed by atoms with van der Waals surface area (Å²) in [5.74, 6) is -0.954. The second kappa shape index (κ2) is 3.56. The molecule has 5 heteroatoms. The molecule has 2 rings (SSSR count). The minimum absolute atomic E-state index is 0.0606. The molecule has 1 saturated carbocycles. The molecule has 2 N–H and O–H groups in total. The predicted molar refractivity (Wildman–Crippen MR) is 55.7 cm³/mol. The van der Waals surface area contributed by atoms with Crippen LogP contribution in [0, 0.1) is 12.8 Å². The van der Waals surface area contributed by atoms with E-state index in [-0.39, 0.29) is 12.0 Å². The van der Waals surface area contributed by atoms with Crippen LogP contribution in [0.15, 0.2) is 6.20 Å². The number of rotatable bonds is 3. The lowest BCUT2D eigenvalue weighted by Crippen LogP contribution is -2.43. The van der Waals surface area contributed by atoms with Crippen LogP contribution in [0.5, 0.6) is 0 Å². The minimum Gasteiger partial charge on any atom is -0.481 e. The summed E-state index contributed by atoms with van der Waals surface area (Å²) in [7, 11) is 1.85. The van der Waals surface area contributed by atoms with Gasteiger partial charge in [-0.05, 0) is 19.8 Å². The number of hydrogen-bond donors (Lipinski definition) is 2. The highest BCUT2D eigenvalue weighted by Crippen LogP contribution is 2.31. The van der Waals surface area contributed by atoms with Gasteiger partial charge in [0, 0.05) is 19.3 Å². The van der Waals surface area contributed by atoms with Crippen molar-refractivity contribution in [1.82, 2.24) is 9.78 Å². The van der Waals surface area contributed by atoms with E-state index < -0.39 is 5.97 Å². The first-order valence-corrected chi connectivity index (χ1v) is 5.07. The minimum atomic E-state index is -0.708. The molecule has 1 aromatic rings. The van der Waals surface area contributed by atoms with E-state index in [1.54, 1.807) is 4.68 Å². The van der Waals surface area contributed by atoms with Gasteiger partial charge in [0.15, 0.2) is 0 Å². The number of aryl methyl sites for hydroxylation is 2. The van der Waals surface area contributed by atoms with E-state index >= 15 is 0 Å². The molecular weight excluding hydrogens is 194 g/mol. The number of aliphatic carboxylic acids is 1. The molecule has 1 aromatic heterocycles. The topological polar surface area (TPSA) is 67.2 Å². The third kappa shape index (κ3) is 1.82. The maximum atomic E-state index is 10.8. The average molecular weight is 209 g/mol. The van der Waals surface area contributed by atoms with Crippen molar-refractivity contribution in [2.45, 2.75) is 25.8 Å². The Morgan fingerprint density at radius 1 is 1.67 bits per heavy atom. The van der Waals surface area contributed by atoms with Gasteiger partial charge in [0.05, 0.1) is 17.3 Å². The summed E-state index contributed by atoms with van der Waals surface area (Å²) in [5, 5.41) is 16.3. The van der Waals surface area contributed by atoms with Crippen molar-refractivity contribution in [3.63, 3.8) is 0 Å². The molecule has 1 aliphatic carbocycles. The van der Waals surface area contributed by atoms with E-state index in [1.807, 2.05) is 20.2 Å². The normalized spacial score (nSPS) is 24.7. The third-order valence-corrected chi connectivity index (χ3v) is 2.95. The van der Waals surface area contributed by atoms with Crippen molar-refractivity contribution in [2.75, 3.05) is 5.32 Å². The molecule has 82 valence electrons. The molecule has 1 fully saturated rings. The molecule has 2 unspecified atom stereocenters. The molecule has 0 radical (unpaired) electrons. The van der Waals surface area contributed by atoms with Crippen molar-refractivity contribution in [3.8, 4) is 0 Å². The summed E-state index contributed by atoms with van der Waals surface area (Å²) >= 11 is 0. The Bertz CT molecular complexity index is 386. The highest BCUT2D eigenvalue weighted by Gasteiger charge is 2.36. The Morgan fingerprint density at radius 3 is 2.80 bits per heavy atom. The fourth-order valence-electron chi connectivity index (χ4n) is 1.91. The third-order valence-electron chi connectivity index (χ3n) is 2.95. The zero-order valence-corrected chi connectivity index (χ0v) is 8.90. The summed E-state index contributed by atoms with van der Waals surface area (Å²) in [4.78, 5) is 10.8. The van der Waals surface area contributed by atoms with Crippen molar-refractivity contribution < 1.29 is 9.90 Å². The van der Waals surface area contributed by atoms with Crippen LogP contribution in [-0.2, 0) is 11.8 Å². The Hall–Kier alpha value is -1.52. The first-order valence-electron chi connectivity index (χ1n) is 5.07. The molecule has 15 heavy (non-hydrogen) atoms. The second-order valence-corrected chi connectivity index (χ2v) is 4.07. The summed E-state index contributed by atoms with van der Waals surface area (Å²) < 4.78 is 1.73.